The normalized spacial score (nSPS) is 22.6. The van der Waals surface area contributed by atoms with Crippen molar-refractivity contribution in [2.24, 2.45) is 5.92 Å². The molecule has 4 aromatic heterocycles. The van der Waals surface area contributed by atoms with E-state index in [1.807, 2.05) is 17.0 Å². The van der Waals surface area contributed by atoms with Crippen LogP contribution in [0.2, 0.25) is 0 Å². The monoisotopic (exact) mass is 563 g/mol. The molecule has 13 nitrogen and oxygen atoms in total. The molecule has 3 aliphatic rings. The van der Waals surface area contributed by atoms with E-state index < -0.39 is 9.84 Å². The molecular weight excluding hydrogens is 534 g/mol. The van der Waals surface area contributed by atoms with Crippen LogP contribution >= 0.6 is 0 Å². The second kappa shape index (κ2) is 9.25. The number of carbonyl (C=O) groups excluding carboxylic acids is 1. The van der Waals surface area contributed by atoms with Crippen molar-refractivity contribution in [1.29, 1.82) is 0 Å². The molecule has 0 radical (unpaired) electrons. The first kappa shape index (κ1) is 24.9. The zero-order valence-electron chi connectivity index (χ0n) is 21.9. The minimum atomic E-state index is -3.74. The third-order valence-corrected chi connectivity index (χ3v) is 9.38. The molecular formula is C26H29N9O4S. The number of nitrogens with two attached hydrogens (primary N) is 1. The van der Waals surface area contributed by atoms with Crippen molar-refractivity contribution in [3.8, 4) is 17.0 Å². The summed E-state index contributed by atoms with van der Waals surface area (Å²) in [5, 5.41) is 12.0. The van der Waals surface area contributed by atoms with Gasteiger partial charge in [0, 0.05) is 47.6 Å². The van der Waals surface area contributed by atoms with Gasteiger partial charge in [-0.25, -0.2) is 18.4 Å². The molecule has 3 N–H and O–H groups in total. The van der Waals surface area contributed by atoms with E-state index in [0.717, 1.165) is 24.7 Å². The molecule has 4 aromatic rings. The highest BCUT2D eigenvalue weighted by molar-refractivity contribution is 7.91. The smallest absolute Gasteiger partial charge is 0.292 e. The maximum Gasteiger partial charge on any atom is 0.292 e. The van der Waals surface area contributed by atoms with Crippen LogP contribution in [0.4, 0.5) is 5.82 Å². The Balaban J connectivity index is 1.25. The molecule has 0 unspecified atom stereocenters. The fraction of sp³-hybridized carbons (Fsp3) is 0.462. The molecule has 40 heavy (non-hydrogen) atoms. The molecule has 208 valence electrons. The Kier molecular flexibility index (Phi) is 5.77. The highest BCUT2D eigenvalue weighted by Gasteiger charge is 2.46. The Bertz CT molecular complexity index is 1680. The molecule has 0 spiro atoms. The lowest BCUT2D eigenvalue weighted by atomic mass is 9.87. The van der Waals surface area contributed by atoms with E-state index in [4.69, 9.17) is 15.5 Å². The number of hydrogen-bond acceptors (Lipinski definition) is 10. The minimum absolute atomic E-state index is 0.00369. The second-order valence-corrected chi connectivity index (χ2v) is 13.0. The van der Waals surface area contributed by atoms with Crippen LogP contribution in [-0.2, 0) is 9.84 Å². The number of carbonyl (C=O) groups is 1. The van der Waals surface area contributed by atoms with Crippen LogP contribution in [-0.4, -0.2) is 78.9 Å². The third kappa shape index (κ3) is 4.26. The fourth-order valence-electron chi connectivity index (χ4n) is 6.16. The number of rotatable bonds is 7. The number of pyridine rings is 1. The molecule has 1 amide bonds. The average Bonchev–Trinajstić information content (AvgIpc) is 3.29. The van der Waals surface area contributed by atoms with E-state index in [-0.39, 0.29) is 40.4 Å². The summed E-state index contributed by atoms with van der Waals surface area (Å²) in [5.41, 5.74) is 8.83. The summed E-state index contributed by atoms with van der Waals surface area (Å²) in [5.74, 6) is 1.02. The molecule has 7 rings (SSSR count). The molecule has 3 atom stereocenters. The molecule has 6 heterocycles. The number of nitrogen functional groups attached to an aromatic ring is 1. The van der Waals surface area contributed by atoms with Gasteiger partial charge in [0.15, 0.2) is 15.5 Å². The first-order valence-electron chi connectivity index (χ1n) is 13.4. The Labute approximate surface area is 230 Å². The topological polar surface area (TPSA) is 174 Å². The number of aromatic amines is 1. The van der Waals surface area contributed by atoms with Crippen molar-refractivity contribution in [2.45, 2.75) is 61.4 Å². The molecule has 14 heteroatoms. The number of aromatic nitrogens is 7. The van der Waals surface area contributed by atoms with Gasteiger partial charge in [-0.05, 0) is 50.5 Å². The maximum atomic E-state index is 13.1. The van der Waals surface area contributed by atoms with Crippen molar-refractivity contribution in [3.05, 3.63) is 42.4 Å². The Hall–Kier alpha value is -4.07. The predicted octanol–water partition coefficient (Wildman–Crippen LogP) is 2.23. The van der Waals surface area contributed by atoms with Crippen molar-refractivity contribution in [2.75, 3.05) is 18.6 Å². The van der Waals surface area contributed by atoms with Gasteiger partial charge in [-0.3, -0.25) is 4.79 Å². The number of piperidine rings is 1. The summed E-state index contributed by atoms with van der Waals surface area (Å²) in [6.07, 6.45) is 11.0. The second-order valence-electron chi connectivity index (χ2n) is 11.0. The van der Waals surface area contributed by atoms with E-state index in [0.29, 0.717) is 48.2 Å². The van der Waals surface area contributed by atoms with Crippen molar-refractivity contribution in [1.82, 2.24) is 39.7 Å². The van der Waals surface area contributed by atoms with Crippen molar-refractivity contribution < 1.29 is 17.9 Å². The van der Waals surface area contributed by atoms with Gasteiger partial charge in [-0.2, -0.15) is 9.61 Å². The highest BCUT2D eigenvalue weighted by Crippen LogP contribution is 2.45. The van der Waals surface area contributed by atoms with Gasteiger partial charge in [0.05, 0.1) is 18.5 Å². The van der Waals surface area contributed by atoms with E-state index in [9.17, 15) is 13.2 Å². The molecule has 0 aromatic carbocycles. The summed E-state index contributed by atoms with van der Waals surface area (Å²) in [6, 6.07) is 3.58. The van der Waals surface area contributed by atoms with Crippen LogP contribution in [0.25, 0.3) is 16.8 Å². The van der Waals surface area contributed by atoms with Crippen LogP contribution in [0.3, 0.4) is 0 Å². The van der Waals surface area contributed by atoms with Gasteiger partial charge >= 0.3 is 0 Å². The van der Waals surface area contributed by atoms with Gasteiger partial charge in [-0.15, -0.1) is 10.2 Å². The molecule has 2 aliphatic heterocycles. The number of fused-ring (bicyclic) bond motifs is 3. The quantitative estimate of drug-likeness (QED) is 0.339. The summed E-state index contributed by atoms with van der Waals surface area (Å²) in [7, 11) is -3.74. The Morgan fingerprint density at radius 1 is 1.15 bits per heavy atom. The first-order valence-corrected chi connectivity index (χ1v) is 15.3. The van der Waals surface area contributed by atoms with Crippen LogP contribution < -0.4 is 10.5 Å². The number of hydrogen-bond donors (Lipinski definition) is 2. The van der Waals surface area contributed by atoms with Gasteiger partial charge in [0.2, 0.25) is 11.7 Å². The summed E-state index contributed by atoms with van der Waals surface area (Å²) in [6.45, 7) is 0.670. The van der Waals surface area contributed by atoms with Gasteiger partial charge < -0.3 is 20.4 Å². The molecule has 2 bridgehead atoms. The average molecular weight is 564 g/mol. The zero-order chi connectivity index (χ0) is 27.6. The van der Waals surface area contributed by atoms with E-state index >= 15 is 0 Å². The molecule has 1 aliphatic carbocycles. The predicted molar refractivity (Wildman–Crippen MR) is 143 cm³/mol. The van der Waals surface area contributed by atoms with Gasteiger partial charge in [0.25, 0.3) is 5.91 Å². The number of anilines is 1. The molecule has 2 saturated heterocycles. The standard InChI is InChI=1S/C26H29N9O4S/c1-40(37,38)22-21(16-8-17-5-6-18(9-16)34(17)26(36)24-29-13-30-33-24)32-25-19(11-31-35(25)23(22)27)15-4-7-20(28-10-15)39-12-14-2-3-14/h4,7,10-11,13-14,16-18H,2-3,5-6,8-9,12,27H2,1H3,(H,29,30,33)/t16-,17-,18+. The molecule has 1 saturated carbocycles. The summed E-state index contributed by atoms with van der Waals surface area (Å²) >= 11 is 0. The minimum Gasteiger partial charge on any atom is -0.477 e. The number of nitrogens with zero attached hydrogens (tertiary/aromatic N) is 7. The number of sulfone groups is 1. The van der Waals surface area contributed by atoms with Crippen molar-refractivity contribution >= 4 is 27.2 Å². The van der Waals surface area contributed by atoms with Crippen LogP contribution in [0.15, 0.2) is 35.7 Å². The number of amides is 1. The van der Waals surface area contributed by atoms with Gasteiger partial charge in [-0.1, -0.05) is 0 Å². The number of H-pyrrole nitrogens is 1. The van der Waals surface area contributed by atoms with Crippen LogP contribution in [0.5, 0.6) is 5.88 Å². The van der Waals surface area contributed by atoms with Gasteiger partial charge in [0.1, 0.15) is 17.0 Å². The largest absolute Gasteiger partial charge is 0.477 e. The SMILES string of the molecule is CS(=O)(=O)c1c([C@@H]2C[C@H]3CC[C@@H](C2)N3C(=O)c2nnc[nH]2)nc2c(-c3ccc(OCC4CC4)nc3)cnn2c1N. The summed E-state index contributed by atoms with van der Waals surface area (Å²) in [4.78, 5) is 27.1. The maximum absolute atomic E-state index is 13.1. The van der Waals surface area contributed by atoms with E-state index in [1.165, 1.54) is 23.7 Å². The van der Waals surface area contributed by atoms with E-state index in [2.05, 4.69) is 25.3 Å². The molecule has 3 fully saturated rings. The lowest BCUT2D eigenvalue weighted by Gasteiger charge is -2.38. The highest BCUT2D eigenvalue weighted by atomic mass is 32.2. The van der Waals surface area contributed by atoms with E-state index in [1.54, 1.807) is 12.4 Å². The van der Waals surface area contributed by atoms with Crippen molar-refractivity contribution in [3.63, 3.8) is 0 Å². The van der Waals surface area contributed by atoms with Crippen LogP contribution in [0.1, 0.15) is 60.8 Å². The number of nitrogens with one attached hydrogen (secondary N) is 1. The first-order chi connectivity index (χ1) is 19.3. The Morgan fingerprint density at radius 2 is 1.93 bits per heavy atom. The Morgan fingerprint density at radius 3 is 2.55 bits per heavy atom. The lowest BCUT2D eigenvalue weighted by molar-refractivity contribution is 0.0556. The number of ether oxygens (including phenoxy) is 1. The zero-order valence-corrected chi connectivity index (χ0v) is 22.7. The fourth-order valence-corrected chi connectivity index (χ4v) is 7.21. The third-order valence-electron chi connectivity index (χ3n) is 8.22. The summed E-state index contributed by atoms with van der Waals surface area (Å²) < 4.78 is 33.2. The van der Waals surface area contributed by atoms with Crippen LogP contribution in [0, 0.1) is 5.92 Å². The lowest BCUT2D eigenvalue weighted by Crippen LogP contribution is -2.46.